The highest BCUT2D eigenvalue weighted by atomic mass is 16.5. The smallest absolute Gasteiger partial charge is 0.0547 e. The Hall–Kier alpha value is -0.0800. The van der Waals surface area contributed by atoms with Crippen LogP contribution in [0, 0.1) is 11.3 Å². The van der Waals surface area contributed by atoms with E-state index in [1.165, 1.54) is 57.8 Å². The fourth-order valence-electron chi connectivity index (χ4n) is 3.68. The van der Waals surface area contributed by atoms with Crippen molar-refractivity contribution in [1.82, 2.24) is 0 Å². The van der Waals surface area contributed by atoms with E-state index in [0.29, 0.717) is 0 Å². The minimum atomic E-state index is 0.279. The van der Waals surface area contributed by atoms with E-state index in [9.17, 15) is 0 Å². The maximum Gasteiger partial charge on any atom is 0.0547 e. The molecule has 0 spiro atoms. The van der Waals surface area contributed by atoms with Gasteiger partial charge in [0.05, 0.1) is 13.2 Å². The van der Waals surface area contributed by atoms with E-state index in [2.05, 4.69) is 20.8 Å². The van der Waals surface area contributed by atoms with Gasteiger partial charge in [-0.15, -0.1) is 0 Å². The van der Waals surface area contributed by atoms with Crippen LogP contribution in [0.3, 0.4) is 0 Å². The summed E-state index contributed by atoms with van der Waals surface area (Å²) >= 11 is 0. The fraction of sp³-hybridized carbons (Fsp3) is 1.00. The Kier molecular flexibility index (Phi) is 9.54. The Morgan fingerprint density at radius 2 is 1.45 bits per heavy atom. The van der Waals surface area contributed by atoms with Crippen molar-refractivity contribution < 1.29 is 9.47 Å². The first kappa shape index (κ1) is 18.0. The van der Waals surface area contributed by atoms with Gasteiger partial charge in [-0.2, -0.15) is 0 Å². The molecular weight excluding hydrogens is 248 g/mol. The van der Waals surface area contributed by atoms with Gasteiger partial charge in [0.1, 0.15) is 0 Å². The van der Waals surface area contributed by atoms with Gasteiger partial charge < -0.3 is 9.47 Å². The molecule has 0 radical (unpaired) electrons. The largest absolute Gasteiger partial charge is 0.381 e. The van der Waals surface area contributed by atoms with Crippen LogP contribution >= 0.6 is 0 Å². The second-order valence-electron chi connectivity index (χ2n) is 6.43. The first-order valence-electron chi connectivity index (χ1n) is 8.94. The average Bonchev–Trinajstić information content (AvgIpc) is 2.51. The van der Waals surface area contributed by atoms with Crippen molar-refractivity contribution in [2.24, 2.45) is 11.3 Å². The predicted octanol–water partition coefficient (Wildman–Crippen LogP) is 5.21. The molecule has 1 fully saturated rings. The van der Waals surface area contributed by atoms with Crippen molar-refractivity contribution in [3.63, 3.8) is 0 Å². The third-order valence-electron chi connectivity index (χ3n) is 4.94. The zero-order valence-corrected chi connectivity index (χ0v) is 14.1. The minimum absolute atomic E-state index is 0.279. The zero-order valence-electron chi connectivity index (χ0n) is 14.1. The van der Waals surface area contributed by atoms with E-state index in [0.717, 1.165) is 32.3 Å². The molecule has 0 aromatic rings. The molecule has 0 aliphatic heterocycles. The third kappa shape index (κ3) is 5.73. The van der Waals surface area contributed by atoms with E-state index in [1.54, 1.807) is 0 Å². The SMILES string of the molecule is CCCCCC(COCC)(COCC)C1CCCCC1. The lowest BCUT2D eigenvalue weighted by Crippen LogP contribution is -2.41. The normalized spacial score (nSPS) is 17.6. The van der Waals surface area contributed by atoms with Crippen LogP contribution in [0.2, 0.25) is 0 Å². The second kappa shape index (κ2) is 10.6. The molecule has 0 saturated heterocycles. The molecule has 20 heavy (non-hydrogen) atoms. The Balaban J connectivity index is 2.71. The van der Waals surface area contributed by atoms with Gasteiger partial charge in [-0.1, -0.05) is 45.4 Å². The molecule has 0 atom stereocenters. The summed E-state index contributed by atoms with van der Waals surface area (Å²) in [5.74, 6) is 0.811. The Bertz CT molecular complexity index is 213. The first-order valence-corrected chi connectivity index (χ1v) is 8.94. The molecule has 2 heteroatoms. The van der Waals surface area contributed by atoms with Gasteiger partial charge in [0.2, 0.25) is 0 Å². The van der Waals surface area contributed by atoms with Gasteiger partial charge in [0.15, 0.2) is 0 Å². The molecule has 0 heterocycles. The van der Waals surface area contributed by atoms with Crippen molar-refractivity contribution in [3.8, 4) is 0 Å². The first-order chi connectivity index (χ1) is 9.79. The molecule has 0 bridgehead atoms. The average molecular weight is 284 g/mol. The van der Waals surface area contributed by atoms with Crippen molar-refractivity contribution in [3.05, 3.63) is 0 Å². The van der Waals surface area contributed by atoms with Crippen LogP contribution in [0.25, 0.3) is 0 Å². The zero-order chi connectivity index (χ0) is 14.7. The van der Waals surface area contributed by atoms with Crippen LogP contribution in [0.15, 0.2) is 0 Å². The second-order valence-corrected chi connectivity index (χ2v) is 6.43. The van der Waals surface area contributed by atoms with E-state index in [1.807, 2.05) is 0 Å². The molecule has 120 valence electrons. The van der Waals surface area contributed by atoms with Gasteiger partial charge in [0.25, 0.3) is 0 Å². The Labute approximate surface area is 126 Å². The van der Waals surface area contributed by atoms with Gasteiger partial charge in [-0.05, 0) is 39.0 Å². The monoisotopic (exact) mass is 284 g/mol. The molecule has 2 nitrogen and oxygen atoms in total. The molecular formula is C18H36O2. The highest BCUT2D eigenvalue weighted by molar-refractivity contribution is 4.88. The Morgan fingerprint density at radius 3 is 1.95 bits per heavy atom. The third-order valence-corrected chi connectivity index (χ3v) is 4.94. The van der Waals surface area contributed by atoms with E-state index >= 15 is 0 Å². The van der Waals surface area contributed by atoms with Crippen LogP contribution in [-0.2, 0) is 9.47 Å². The summed E-state index contributed by atoms with van der Waals surface area (Å²) in [7, 11) is 0. The molecule has 1 aliphatic rings. The highest BCUT2D eigenvalue weighted by Crippen LogP contribution is 2.43. The van der Waals surface area contributed by atoms with Crippen LogP contribution in [-0.4, -0.2) is 26.4 Å². The lowest BCUT2D eigenvalue weighted by molar-refractivity contribution is -0.0663. The quantitative estimate of drug-likeness (QED) is 0.485. The number of ether oxygens (including phenoxy) is 2. The Morgan fingerprint density at radius 1 is 0.850 bits per heavy atom. The lowest BCUT2D eigenvalue weighted by atomic mass is 9.67. The maximum absolute atomic E-state index is 5.90. The summed E-state index contributed by atoms with van der Waals surface area (Å²) in [6, 6.07) is 0. The summed E-state index contributed by atoms with van der Waals surface area (Å²) in [5, 5.41) is 0. The molecule has 0 aromatic carbocycles. The van der Waals surface area contributed by atoms with Crippen LogP contribution in [0.4, 0.5) is 0 Å². The van der Waals surface area contributed by atoms with Crippen molar-refractivity contribution >= 4 is 0 Å². The van der Waals surface area contributed by atoms with Crippen LogP contribution < -0.4 is 0 Å². The van der Waals surface area contributed by atoms with E-state index < -0.39 is 0 Å². The van der Waals surface area contributed by atoms with E-state index in [-0.39, 0.29) is 5.41 Å². The lowest BCUT2D eigenvalue weighted by Gasteiger charge is -2.42. The van der Waals surface area contributed by atoms with Gasteiger partial charge >= 0.3 is 0 Å². The van der Waals surface area contributed by atoms with Crippen LogP contribution in [0.1, 0.15) is 78.6 Å². The molecule has 0 unspecified atom stereocenters. The molecule has 0 N–H and O–H groups in total. The van der Waals surface area contributed by atoms with Gasteiger partial charge in [0, 0.05) is 18.6 Å². The maximum atomic E-state index is 5.90. The minimum Gasteiger partial charge on any atom is -0.381 e. The molecule has 1 rings (SSSR count). The number of hydrogen-bond acceptors (Lipinski definition) is 2. The van der Waals surface area contributed by atoms with Gasteiger partial charge in [-0.3, -0.25) is 0 Å². The van der Waals surface area contributed by atoms with Crippen molar-refractivity contribution in [1.29, 1.82) is 0 Å². The molecule has 1 saturated carbocycles. The fourth-order valence-corrected chi connectivity index (χ4v) is 3.68. The standard InChI is InChI=1S/C18H36O2/c1-4-7-11-14-18(15-19-5-2,16-20-6-3)17-12-9-8-10-13-17/h17H,4-16H2,1-3H3. The molecule has 0 amide bonds. The number of unbranched alkanes of at least 4 members (excludes halogenated alkanes) is 2. The summed E-state index contributed by atoms with van der Waals surface area (Å²) < 4.78 is 11.8. The molecule has 1 aliphatic carbocycles. The number of hydrogen-bond donors (Lipinski definition) is 0. The van der Waals surface area contributed by atoms with E-state index in [4.69, 9.17) is 9.47 Å². The number of rotatable bonds is 11. The summed E-state index contributed by atoms with van der Waals surface area (Å²) in [6.45, 7) is 9.96. The van der Waals surface area contributed by atoms with Gasteiger partial charge in [-0.25, -0.2) is 0 Å². The molecule has 0 aromatic heterocycles. The highest BCUT2D eigenvalue weighted by Gasteiger charge is 2.39. The van der Waals surface area contributed by atoms with Crippen molar-refractivity contribution in [2.45, 2.75) is 78.6 Å². The summed E-state index contributed by atoms with van der Waals surface area (Å²) in [5.41, 5.74) is 0.279. The topological polar surface area (TPSA) is 18.5 Å². The summed E-state index contributed by atoms with van der Waals surface area (Å²) in [6.07, 6.45) is 12.2. The predicted molar refractivity (Wildman–Crippen MR) is 86.1 cm³/mol. The van der Waals surface area contributed by atoms with Crippen molar-refractivity contribution in [2.75, 3.05) is 26.4 Å². The van der Waals surface area contributed by atoms with Crippen LogP contribution in [0.5, 0.6) is 0 Å². The summed E-state index contributed by atoms with van der Waals surface area (Å²) in [4.78, 5) is 0.